The minimum absolute atomic E-state index is 0.200. The van der Waals surface area contributed by atoms with Crippen molar-refractivity contribution in [2.75, 3.05) is 14.2 Å². The minimum atomic E-state index is -0.454. The molecule has 0 radical (unpaired) electrons. The summed E-state index contributed by atoms with van der Waals surface area (Å²) in [4.78, 5) is 30.0. The van der Waals surface area contributed by atoms with Crippen LogP contribution in [0.4, 0.5) is 0 Å². The van der Waals surface area contributed by atoms with Gasteiger partial charge in [-0.05, 0) is 47.0 Å². The lowest BCUT2D eigenvalue weighted by molar-refractivity contribution is 0.284. The van der Waals surface area contributed by atoms with Crippen LogP contribution < -0.4 is 29.9 Å². The largest absolute Gasteiger partial charge is 0.497 e. The molecule has 0 spiro atoms. The van der Waals surface area contributed by atoms with Gasteiger partial charge in [-0.3, -0.25) is 9.59 Å². The normalized spacial score (nSPS) is 11.6. The lowest BCUT2D eigenvalue weighted by Gasteiger charge is -2.11. The molecule has 37 heavy (non-hydrogen) atoms. The molecule has 0 aliphatic rings. The molecule has 2 heterocycles. The lowest BCUT2D eigenvalue weighted by atomic mass is 10.1. The van der Waals surface area contributed by atoms with Gasteiger partial charge >= 0.3 is 0 Å². The van der Waals surface area contributed by atoms with Gasteiger partial charge in [-0.2, -0.15) is 14.6 Å². The maximum atomic E-state index is 13.1. The average Bonchev–Trinajstić information content (AvgIpc) is 3.22. The van der Waals surface area contributed by atoms with E-state index in [9.17, 15) is 9.59 Å². The number of fused-ring (bicyclic) bond motifs is 1. The molecule has 0 saturated carbocycles. The molecule has 0 aliphatic carbocycles. The fourth-order valence-electron chi connectivity index (χ4n) is 3.77. The standard InChI is InChI=1S/C28H23N3O5S/c1-34-21-11-8-18(9-12-21)14-22-26(32)29-28-31(30-22)27(33)25(37-28)16-20-10-13-23(24(15-20)35-2)36-17-19-6-4-3-5-7-19/h3-13,15-16H,14,17H2,1-2H3/b25-16-. The molecule has 0 N–H and O–H groups in total. The van der Waals surface area contributed by atoms with E-state index in [-0.39, 0.29) is 22.6 Å². The number of rotatable bonds is 8. The highest BCUT2D eigenvalue weighted by molar-refractivity contribution is 7.15. The van der Waals surface area contributed by atoms with Crippen LogP contribution in [-0.4, -0.2) is 28.8 Å². The molecule has 9 heteroatoms. The van der Waals surface area contributed by atoms with Gasteiger partial charge in [0, 0.05) is 6.42 Å². The number of methoxy groups -OCH3 is 2. The quantitative estimate of drug-likeness (QED) is 0.315. The third-order valence-electron chi connectivity index (χ3n) is 5.70. The Labute approximate surface area is 216 Å². The molecule has 0 saturated heterocycles. The van der Waals surface area contributed by atoms with Crippen LogP contribution >= 0.6 is 11.3 Å². The van der Waals surface area contributed by atoms with Gasteiger partial charge in [0.15, 0.2) is 11.5 Å². The van der Waals surface area contributed by atoms with E-state index in [2.05, 4.69) is 10.1 Å². The number of hydrogen-bond acceptors (Lipinski definition) is 8. The van der Waals surface area contributed by atoms with Gasteiger partial charge in [-0.1, -0.05) is 59.9 Å². The first-order valence-electron chi connectivity index (χ1n) is 11.5. The number of ether oxygens (including phenoxy) is 3. The SMILES string of the molecule is COc1ccc(Cc2nn3c(=O)/c(=C/c4ccc(OCc5ccccc5)c(OC)c4)sc3nc2=O)cc1. The Balaban J connectivity index is 1.43. The summed E-state index contributed by atoms with van der Waals surface area (Å²) in [5, 5.41) is 4.32. The molecule has 0 fully saturated rings. The van der Waals surface area contributed by atoms with E-state index in [1.807, 2.05) is 60.7 Å². The summed E-state index contributed by atoms with van der Waals surface area (Å²) >= 11 is 1.11. The summed E-state index contributed by atoms with van der Waals surface area (Å²) in [5.41, 5.74) is 2.06. The van der Waals surface area contributed by atoms with Crippen molar-refractivity contribution in [1.82, 2.24) is 14.6 Å². The molecular weight excluding hydrogens is 490 g/mol. The van der Waals surface area contributed by atoms with Crippen LogP contribution in [0.25, 0.3) is 11.0 Å². The van der Waals surface area contributed by atoms with Crippen molar-refractivity contribution < 1.29 is 14.2 Å². The van der Waals surface area contributed by atoms with E-state index in [1.54, 1.807) is 32.4 Å². The van der Waals surface area contributed by atoms with Crippen molar-refractivity contribution in [3.05, 3.63) is 120 Å². The molecule has 8 nitrogen and oxygen atoms in total. The predicted octanol–water partition coefficient (Wildman–Crippen LogP) is 3.25. The zero-order valence-electron chi connectivity index (χ0n) is 20.2. The number of hydrogen-bond donors (Lipinski definition) is 0. The van der Waals surface area contributed by atoms with Gasteiger partial charge in [-0.25, -0.2) is 0 Å². The second-order valence-electron chi connectivity index (χ2n) is 8.18. The van der Waals surface area contributed by atoms with Crippen LogP contribution in [0.3, 0.4) is 0 Å². The molecule has 0 aliphatic heterocycles. The molecule has 186 valence electrons. The van der Waals surface area contributed by atoms with E-state index < -0.39 is 5.56 Å². The lowest BCUT2D eigenvalue weighted by Crippen LogP contribution is -2.28. The fraction of sp³-hybridized carbons (Fsp3) is 0.143. The Hall–Kier alpha value is -4.50. The molecule has 3 aromatic carbocycles. The van der Waals surface area contributed by atoms with Crippen molar-refractivity contribution in [1.29, 1.82) is 0 Å². The van der Waals surface area contributed by atoms with Gasteiger partial charge in [0.25, 0.3) is 11.1 Å². The molecule has 0 amide bonds. The second kappa shape index (κ2) is 10.6. The highest BCUT2D eigenvalue weighted by atomic mass is 32.1. The first-order valence-corrected chi connectivity index (χ1v) is 12.3. The number of benzene rings is 3. The molecule has 0 unspecified atom stereocenters. The average molecular weight is 514 g/mol. The Morgan fingerprint density at radius 3 is 2.41 bits per heavy atom. The molecular formula is C28H23N3O5S. The zero-order chi connectivity index (χ0) is 25.8. The predicted molar refractivity (Wildman–Crippen MR) is 142 cm³/mol. The van der Waals surface area contributed by atoms with Crippen LogP contribution in [0.2, 0.25) is 0 Å². The topological polar surface area (TPSA) is 92.0 Å². The van der Waals surface area contributed by atoms with Crippen molar-refractivity contribution in [3.63, 3.8) is 0 Å². The summed E-state index contributed by atoms with van der Waals surface area (Å²) in [6, 6.07) is 22.6. The van der Waals surface area contributed by atoms with Crippen molar-refractivity contribution in [3.8, 4) is 17.2 Å². The zero-order valence-corrected chi connectivity index (χ0v) is 21.0. The Morgan fingerprint density at radius 1 is 0.892 bits per heavy atom. The molecule has 0 bridgehead atoms. The fourth-order valence-corrected chi connectivity index (χ4v) is 4.67. The van der Waals surface area contributed by atoms with Crippen molar-refractivity contribution in [2.45, 2.75) is 13.0 Å². The van der Waals surface area contributed by atoms with Gasteiger partial charge in [0.1, 0.15) is 18.1 Å². The second-order valence-corrected chi connectivity index (χ2v) is 9.19. The summed E-state index contributed by atoms with van der Waals surface area (Å²) in [6.45, 7) is 0.408. The van der Waals surface area contributed by atoms with Crippen LogP contribution in [0.1, 0.15) is 22.4 Å². The molecule has 2 aromatic heterocycles. The van der Waals surface area contributed by atoms with Crippen LogP contribution in [-0.2, 0) is 13.0 Å². The monoisotopic (exact) mass is 513 g/mol. The smallest absolute Gasteiger partial charge is 0.296 e. The van der Waals surface area contributed by atoms with Gasteiger partial charge < -0.3 is 14.2 Å². The number of nitrogens with zero attached hydrogens (tertiary/aromatic N) is 3. The minimum Gasteiger partial charge on any atom is -0.497 e. The number of thiazole rings is 1. The maximum Gasteiger partial charge on any atom is 0.296 e. The third-order valence-corrected chi connectivity index (χ3v) is 6.66. The number of aromatic nitrogens is 3. The summed E-state index contributed by atoms with van der Waals surface area (Å²) in [5.74, 6) is 1.86. The van der Waals surface area contributed by atoms with E-state index >= 15 is 0 Å². The first-order chi connectivity index (χ1) is 18.0. The van der Waals surface area contributed by atoms with Gasteiger partial charge in [-0.15, -0.1) is 0 Å². The molecule has 5 aromatic rings. The highest BCUT2D eigenvalue weighted by Crippen LogP contribution is 2.29. The maximum absolute atomic E-state index is 13.1. The van der Waals surface area contributed by atoms with E-state index in [0.29, 0.717) is 28.4 Å². The Bertz CT molecular complexity index is 1710. The van der Waals surface area contributed by atoms with E-state index in [0.717, 1.165) is 28.0 Å². The van der Waals surface area contributed by atoms with Crippen molar-refractivity contribution in [2.24, 2.45) is 0 Å². The third kappa shape index (κ3) is 5.36. The van der Waals surface area contributed by atoms with Crippen LogP contribution in [0, 0.1) is 0 Å². The highest BCUT2D eigenvalue weighted by Gasteiger charge is 2.12. The van der Waals surface area contributed by atoms with Crippen molar-refractivity contribution >= 4 is 22.4 Å². The summed E-state index contributed by atoms with van der Waals surface area (Å²) in [7, 11) is 3.16. The summed E-state index contributed by atoms with van der Waals surface area (Å²) < 4.78 is 18.2. The van der Waals surface area contributed by atoms with Crippen LogP contribution in [0.15, 0.2) is 82.4 Å². The van der Waals surface area contributed by atoms with Gasteiger partial charge in [0.05, 0.1) is 18.8 Å². The molecule has 0 atom stereocenters. The van der Waals surface area contributed by atoms with Crippen LogP contribution in [0.5, 0.6) is 17.2 Å². The van der Waals surface area contributed by atoms with E-state index in [4.69, 9.17) is 14.2 Å². The van der Waals surface area contributed by atoms with E-state index in [1.165, 1.54) is 4.52 Å². The molecule has 5 rings (SSSR count). The summed E-state index contributed by atoms with van der Waals surface area (Å²) in [6.07, 6.45) is 1.98. The Morgan fingerprint density at radius 2 is 1.68 bits per heavy atom. The Kier molecular flexibility index (Phi) is 6.96. The first kappa shape index (κ1) is 24.2. The van der Waals surface area contributed by atoms with Gasteiger partial charge in [0.2, 0.25) is 4.96 Å².